The topological polar surface area (TPSA) is 52.3 Å². The van der Waals surface area contributed by atoms with Crippen LogP contribution in [0.15, 0.2) is 11.8 Å². The number of esters is 1. The van der Waals surface area contributed by atoms with Crippen molar-refractivity contribution in [3.63, 3.8) is 0 Å². The second-order valence-electron chi connectivity index (χ2n) is 2.06. The molecule has 0 aliphatic carbocycles. The van der Waals surface area contributed by atoms with Gasteiger partial charge in [-0.2, -0.15) is 0 Å². The Hall–Kier alpha value is -0.700. The third-order valence-corrected chi connectivity index (χ3v) is 0.794. The van der Waals surface area contributed by atoms with Crippen LogP contribution in [-0.2, 0) is 9.53 Å². The predicted octanol–water partition coefficient (Wildman–Crippen LogP) is 1.22. The van der Waals surface area contributed by atoms with Crippen molar-refractivity contribution in [1.82, 2.24) is 0 Å². The van der Waals surface area contributed by atoms with Gasteiger partial charge in [0.1, 0.15) is 0 Å². The summed E-state index contributed by atoms with van der Waals surface area (Å²) in [6.45, 7) is 4.04. The maximum Gasteiger partial charge on any atom is 0.332 e. The minimum absolute atomic E-state index is 0. The average molecular weight is 180 g/mol. The maximum absolute atomic E-state index is 10.6. The number of nitrogens with two attached hydrogens (primary N) is 1. The largest absolute Gasteiger partial charge is 0.462 e. The summed E-state index contributed by atoms with van der Waals surface area (Å²) in [6, 6.07) is 0. The number of hydrogen-bond acceptors (Lipinski definition) is 3. The molecule has 0 saturated heterocycles. The summed E-state index contributed by atoms with van der Waals surface area (Å²) in [7, 11) is 0. The molecule has 4 heteroatoms. The monoisotopic (exact) mass is 179 g/mol. The number of carbonyl (C=O) groups excluding carboxylic acids is 1. The second-order valence-corrected chi connectivity index (χ2v) is 2.06. The molecule has 0 heterocycles. The molecular formula is C7H14ClNO2. The zero-order valence-electron chi connectivity index (χ0n) is 6.79. The van der Waals surface area contributed by atoms with Crippen molar-refractivity contribution in [2.45, 2.75) is 20.3 Å². The fourth-order valence-corrected chi connectivity index (χ4v) is 0.430. The van der Waals surface area contributed by atoms with E-state index in [1.165, 1.54) is 6.08 Å². The van der Waals surface area contributed by atoms with Crippen LogP contribution in [0, 0.1) is 0 Å². The van der Waals surface area contributed by atoms with Crippen molar-refractivity contribution in [1.29, 1.82) is 0 Å². The van der Waals surface area contributed by atoms with Gasteiger partial charge in [-0.25, -0.2) is 4.79 Å². The highest BCUT2D eigenvalue weighted by Gasteiger charge is 1.94. The quantitative estimate of drug-likeness (QED) is 0.524. The van der Waals surface area contributed by atoms with Gasteiger partial charge in [-0.1, -0.05) is 6.92 Å². The minimum atomic E-state index is -0.359. The molecular weight excluding hydrogens is 166 g/mol. The van der Waals surface area contributed by atoms with E-state index in [1.54, 1.807) is 6.92 Å². The molecule has 0 saturated carbocycles. The molecule has 0 aromatic carbocycles. The van der Waals surface area contributed by atoms with Crippen LogP contribution in [0.2, 0.25) is 0 Å². The SMILES string of the molecule is CCCOC(=O)/C=C(\C)N.Cl. The van der Waals surface area contributed by atoms with E-state index < -0.39 is 0 Å². The van der Waals surface area contributed by atoms with Gasteiger partial charge in [0, 0.05) is 11.8 Å². The molecule has 0 amide bonds. The van der Waals surface area contributed by atoms with E-state index in [1.807, 2.05) is 6.92 Å². The van der Waals surface area contributed by atoms with Gasteiger partial charge < -0.3 is 10.5 Å². The highest BCUT2D eigenvalue weighted by atomic mass is 35.5. The molecule has 0 aromatic heterocycles. The van der Waals surface area contributed by atoms with Crippen molar-refractivity contribution < 1.29 is 9.53 Å². The van der Waals surface area contributed by atoms with Gasteiger partial charge in [0.15, 0.2) is 0 Å². The van der Waals surface area contributed by atoms with Crippen LogP contribution < -0.4 is 5.73 Å². The Morgan fingerprint density at radius 1 is 1.64 bits per heavy atom. The van der Waals surface area contributed by atoms with Crippen LogP contribution in [0.1, 0.15) is 20.3 Å². The molecule has 0 rings (SSSR count). The van der Waals surface area contributed by atoms with Gasteiger partial charge in [-0.05, 0) is 13.3 Å². The number of hydrogen-bond donors (Lipinski definition) is 1. The van der Waals surface area contributed by atoms with E-state index in [0.717, 1.165) is 6.42 Å². The minimum Gasteiger partial charge on any atom is -0.462 e. The van der Waals surface area contributed by atoms with Crippen LogP contribution in [0.5, 0.6) is 0 Å². The number of allylic oxidation sites excluding steroid dienone is 1. The molecule has 0 atom stereocenters. The van der Waals surface area contributed by atoms with Gasteiger partial charge in [-0.3, -0.25) is 0 Å². The lowest BCUT2D eigenvalue weighted by atomic mass is 10.4. The maximum atomic E-state index is 10.6. The fraction of sp³-hybridized carbons (Fsp3) is 0.571. The zero-order valence-corrected chi connectivity index (χ0v) is 7.61. The molecule has 0 fully saturated rings. The Balaban J connectivity index is 0. The van der Waals surface area contributed by atoms with Crippen LogP contribution in [0.3, 0.4) is 0 Å². The highest BCUT2D eigenvalue weighted by molar-refractivity contribution is 5.85. The van der Waals surface area contributed by atoms with Crippen molar-refractivity contribution in [3.05, 3.63) is 11.8 Å². The molecule has 3 nitrogen and oxygen atoms in total. The number of ether oxygens (including phenoxy) is 1. The summed E-state index contributed by atoms with van der Waals surface area (Å²) in [5.41, 5.74) is 5.70. The average Bonchev–Trinajstić information content (AvgIpc) is 1.82. The fourth-order valence-electron chi connectivity index (χ4n) is 0.430. The lowest BCUT2D eigenvalue weighted by molar-refractivity contribution is -0.137. The second kappa shape index (κ2) is 7.41. The molecule has 0 aliphatic heterocycles. The Morgan fingerprint density at radius 2 is 2.18 bits per heavy atom. The third-order valence-electron chi connectivity index (χ3n) is 0.794. The van der Waals surface area contributed by atoms with Crippen LogP contribution in [0.25, 0.3) is 0 Å². The summed E-state index contributed by atoms with van der Waals surface area (Å²) in [4.78, 5) is 10.6. The lowest BCUT2D eigenvalue weighted by Crippen LogP contribution is -2.04. The first-order valence-corrected chi connectivity index (χ1v) is 3.27. The normalized spacial score (nSPS) is 10.2. The Morgan fingerprint density at radius 3 is 2.55 bits per heavy atom. The Kier molecular flexibility index (Phi) is 8.71. The van der Waals surface area contributed by atoms with E-state index in [0.29, 0.717) is 12.3 Å². The molecule has 0 bridgehead atoms. The Bertz CT molecular complexity index is 141. The van der Waals surface area contributed by atoms with Gasteiger partial charge >= 0.3 is 5.97 Å². The first kappa shape index (κ1) is 12.9. The molecule has 0 unspecified atom stereocenters. The summed E-state index contributed by atoms with van der Waals surface area (Å²) in [6.07, 6.45) is 2.11. The van der Waals surface area contributed by atoms with Crippen molar-refractivity contribution in [2.75, 3.05) is 6.61 Å². The van der Waals surface area contributed by atoms with Crippen LogP contribution in [0.4, 0.5) is 0 Å². The van der Waals surface area contributed by atoms with Crippen LogP contribution in [-0.4, -0.2) is 12.6 Å². The third kappa shape index (κ3) is 9.30. The zero-order chi connectivity index (χ0) is 7.98. The van der Waals surface area contributed by atoms with Crippen molar-refractivity contribution in [2.24, 2.45) is 5.73 Å². The van der Waals surface area contributed by atoms with Gasteiger partial charge in [0.25, 0.3) is 0 Å². The van der Waals surface area contributed by atoms with E-state index in [2.05, 4.69) is 0 Å². The van der Waals surface area contributed by atoms with E-state index in [4.69, 9.17) is 10.5 Å². The molecule has 66 valence electrons. The Labute approximate surface area is 73.0 Å². The van der Waals surface area contributed by atoms with Gasteiger partial charge in [0.05, 0.1) is 6.61 Å². The van der Waals surface area contributed by atoms with E-state index >= 15 is 0 Å². The predicted molar refractivity (Wildman–Crippen MR) is 46.4 cm³/mol. The molecule has 0 spiro atoms. The molecule has 0 radical (unpaired) electrons. The standard InChI is InChI=1S/C7H13NO2.ClH/c1-3-4-10-7(9)5-6(2)8;/h5H,3-4,8H2,1-2H3;1H/b6-5+;. The molecule has 0 aliphatic rings. The molecule has 2 N–H and O–H groups in total. The number of carbonyl (C=O) groups is 1. The first-order valence-electron chi connectivity index (χ1n) is 3.27. The van der Waals surface area contributed by atoms with Gasteiger partial charge in [0.2, 0.25) is 0 Å². The summed E-state index contributed by atoms with van der Waals surface area (Å²) in [5.74, 6) is -0.359. The van der Waals surface area contributed by atoms with Crippen molar-refractivity contribution >= 4 is 18.4 Å². The van der Waals surface area contributed by atoms with Crippen LogP contribution >= 0.6 is 12.4 Å². The molecule has 0 aromatic rings. The smallest absolute Gasteiger partial charge is 0.332 e. The first-order chi connectivity index (χ1) is 4.66. The van der Waals surface area contributed by atoms with Crippen molar-refractivity contribution in [3.8, 4) is 0 Å². The number of rotatable bonds is 3. The highest BCUT2D eigenvalue weighted by Crippen LogP contribution is 1.86. The summed E-state index contributed by atoms with van der Waals surface area (Å²) in [5, 5.41) is 0. The summed E-state index contributed by atoms with van der Waals surface area (Å²) >= 11 is 0. The van der Waals surface area contributed by atoms with E-state index in [9.17, 15) is 4.79 Å². The lowest BCUT2D eigenvalue weighted by Gasteiger charge is -1.97. The number of halogens is 1. The molecule has 11 heavy (non-hydrogen) atoms. The summed E-state index contributed by atoms with van der Waals surface area (Å²) < 4.78 is 4.71. The van der Waals surface area contributed by atoms with Gasteiger partial charge in [-0.15, -0.1) is 12.4 Å². The van der Waals surface area contributed by atoms with E-state index in [-0.39, 0.29) is 18.4 Å².